The monoisotopic (exact) mass is 676 g/mol. The molecule has 8 heteroatoms. The van der Waals surface area contributed by atoms with Crippen molar-refractivity contribution in [1.82, 2.24) is 19.4 Å². The van der Waals surface area contributed by atoms with Gasteiger partial charge in [-0.25, -0.2) is 9.78 Å². The van der Waals surface area contributed by atoms with E-state index in [1.165, 1.54) is 9.80 Å². The molecule has 1 aromatic heterocycles. The van der Waals surface area contributed by atoms with E-state index in [-0.39, 0.29) is 25.6 Å². The fourth-order valence-electron chi connectivity index (χ4n) is 7.55. The zero-order valence-corrected chi connectivity index (χ0v) is 28.8. The quantitative estimate of drug-likeness (QED) is 0.0760. The number of ether oxygens (including phenoxy) is 1. The lowest BCUT2D eigenvalue weighted by molar-refractivity contribution is -0.145. The van der Waals surface area contributed by atoms with Crippen LogP contribution in [0.2, 0.25) is 0 Å². The number of amides is 3. The Bertz CT molecular complexity index is 2060. The van der Waals surface area contributed by atoms with Gasteiger partial charge in [-0.1, -0.05) is 133 Å². The van der Waals surface area contributed by atoms with Gasteiger partial charge in [0.1, 0.15) is 17.6 Å². The molecule has 0 radical (unpaired) electrons. The lowest BCUT2D eigenvalue weighted by atomic mass is 9.77. The van der Waals surface area contributed by atoms with E-state index in [0.29, 0.717) is 18.4 Å². The number of rotatable bonds is 12. The Morgan fingerprint density at radius 1 is 0.765 bits per heavy atom. The second kappa shape index (κ2) is 14.1. The third kappa shape index (κ3) is 5.86. The van der Waals surface area contributed by atoms with Crippen LogP contribution in [0, 0.1) is 0 Å². The summed E-state index contributed by atoms with van der Waals surface area (Å²) in [7, 11) is 0. The largest absolute Gasteiger partial charge is 0.465 e. The van der Waals surface area contributed by atoms with Crippen LogP contribution in [0.25, 0.3) is 10.8 Å². The molecule has 6 aromatic rings. The van der Waals surface area contributed by atoms with E-state index in [0.717, 1.165) is 33.2 Å². The molecule has 8 nitrogen and oxygen atoms in total. The van der Waals surface area contributed by atoms with Crippen LogP contribution < -0.4 is 0 Å². The Labute approximate surface area is 297 Å². The summed E-state index contributed by atoms with van der Waals surface area (Å²) in [6.07, 6.45) is 4.95. The van der Waals surface area contributed by atoms with E-state index in [9.17, 15) is 14.4 Å². The van der Waals surface area contributed by atoms with E-state index in [4.69, 9.17) is 9.72 Å². The molecule has 1 unspecified atom stereocenters. The molecule has 1 saturated heterocycles. The molecule has 0 bridgehead atoms. The summed E-state index contributed by atoms with van der Waals surface area (Å²) in [4.78, 5) is 48.7. The van der Waals surface area contributed by atoms with Crippen molar-refractivity contribution < 1.29 is 19.1 Å². The first-order valence-electron chi connectivity index (χ1n) is 17.4. The second-order valence-electron chi connectivity index (χ2n) is 12.9. The molecule has 0 spiro atoms. The lowest BCUT2D eigenvalue weighted by Gasteiger charge is -2.37. The number of aromatic nitrogens is 2. The van der Waals surface area contributed by atoms with Crippen LogP contribution in [0.4, 0.5) is 4.79 Å². The van der Waals surface area contributed by atoms with E-state index in [1.54, 1.807) is 13.8 Å². The number of aryl methyl sites for hydroxylation is 1. The molecular formula is C43H40N4O4. The minimum Gasteiger partial charge on any atom is -0.465 e. The molecule has 0 aliphatic carbocycles. The molecule has 256 valence electrons. The van der Waals surface area contributed by atoms with Crippen LogP contribution in [0.15, 0.2) is 146 Å². The van der Waals surface area contributed by atoms with Crippen LogP contribution in [-0.4, -0.2) is 57.0 Å². The molecular weight excluding hydrogens is 636 g/mol. The Kier molecular flexibility index (Phi) is 9.24. The molecule has 0 saturated carbocycles. The molecule has 51 heavy (non-hydrogen) atoms. The van der Waals surface area contributed by atoms with Crippen molar-refractivity contribution in [3.8, 4) is 0 Å². The standard InChI is InChI=1S/C43H40N4O4/c1-3-51-39(48)30-47-41(50)46(40(49)42(47,2)38-27-15-18-32-17-13-14-26-37(32)38)28-16-25-36-29-45(31-44-36)43(33-19-7-4-8-20-33,34-21-9-5-10-22-34)35-23-11-6-12-24-35/h4-15,17-24,26-27,29,31H,3,16,25,28,30H2,1-2H3. The van der Waals surface area contributed by atoms with Gasteiger partial charge in [-0.05, 0) is 59.7 Å². The minimum atomic E-state index is -1.40. The van der Waals surface area contributed by atoms with Crippen LogP contribution in [0.5, 0.6) is 0 Å². The zero-order chi connectivity index (χ0) is 35.4. The fraction of sp³-hybridized carbons (Fsp3) is 0.209. The number of esters is 1. The van der Waals surface area contributed by atoms with Gasteiger partial charge in [0.15, 0.2) is 0 Å². The van der Waals surface area contributed by atoms with Crippen molar-refractivity contribution in [2.24, 2.45) is 0 Å². The number of imide groups is 1. The van der Waals surface area contributed by atoms with Crippen molar-refractivity contribution in [2.75, 3.05) is 19.7 Å². The number of urea groups is 1. The molecule has 1 aliphatic heterocycles. The van der Waals surface area contributed by atoms with Gasteiger partial charge in [-0.2, -0.15) is 0 Å². The lowest BCUT2D eigenvalue weighted by Crippen LogP contribution is -2.47. The average Bonchev–Trinajstić information content (AvgIpc) is 3.71. The molecule has 1 fully saturated rings. The van der Waals surface area contributed by atoms with Gasteiger partial charge in [0.25, 0.3) is 5.91 Å². The normalized spacial score (nSPS) is 16.2. The number of fused-ring (bicyclic) bond motifs is 1. The number of carbonyl (C=O) groups excluding carboxylic acids is 3. The van der Waals surface area contributed by atoms with Crippen LogP contribution in [0.1, 0.15) is 48.2 Å². The van der Waals surface area contributed by atoms with Gasteiger partial charge in [-0.3, -0.25) is 19.4 Å². The first-order valence-corrected chi connectivity index (χ1v) is 17.4. The highest BCUT2D eigenvalue weighted by atomic mass is 16.5. The summed E-state index contributed by atoms with van der Waals surface area (Å²) in [5, 5.41) is 1.79. The highest BCUT2D eigenvalue weighted by Gasteiger charge is 2.56. The number of hydrogen-bond acceptors (Lipinski definition) is 5. The predicted molar refractivity (Wildman–Crippen MR) is 197 cm³/mol. The van der Waals surface area contributed by atoms with Crippen molar-refractivity contribution >= 4 is 28.7 Å². The highest BCUT2D eigenvalue weighted by molar-refractivity contribution is 6.10. The molecule has 2 heterocycles. The first-order chi connectivity index (χ1) is 24.9. The summed E-state index contributed by atoms with van der Waals surface area (Å²) >= 11 is 0. The van der Waals surface area contributed by atoms with Crippen LogP contribution in [-0.2, 0) is 31.8 Å². The maximum absolute atomic E-state index is 14.4. The Balaban J connectivity index is 1.19. The van der Waals surface area contributed by atoms with Crippen molar-refractivity contribution in [3.05, 3.63) is 174 Å². The SMILES string of the molecule is CCOC(=O)CN1C(=O)N(CCCc2cn(C(c3ccccc3)(c3ccccc3)c3ccccc3)cn2)C(=O)C1(C)c1cccc2ccccc12. The van der Waals surface area contributed by atoms with Crippen molar-refractivity contribution in [1.29, 1.82) is 0 Å². The molecule has 3 amide bonds. The van der Waals surface area contributed by atoms with Crippen molar-refractivity contribution in [3.63, 3.8) is 0 Å². The van der Waals surface area contributed by atoms with E-state index in [1.807, 2.05) is 67.0 Å². The smallest absolute Gasteiger partial charge is 0.328 e. The molecule has 1 aliphatic rings. The van der Waals surface area contributed by atoms with E-state index in [2.05, 4.69) is 83.6 Å². The third-order valence-corrected chi connectivity index (χ3v) is 9.98. The predicted octanol–water partition coefficient (Wildman–Crippen LogP) is 7.55. The molecule has 0 N–H and O–H groups in total. The zero-order valence-electron chi connectivity index (χ0n) is 28.8. The van der Waals surface area contributed by atoms with Gasteiger partial charge in [-0.15, -0.1) is 0 Å². The van der Waals surface area contributed by atoms with Gasteiger partial charge >= 0.3 is 12.0 Å². The minimum absolute atomic E-state index is 0.172. The summed E-state index contributed by atoms with van der Waals surface area (Å²) in [6, 6.07) is 44.1. The van der Waals surface area contributed by atoms with Gasteiger partial charge in [0.2, 0.25) is 0 Å². The maximum atomic E-state index is 14.4. The Morgan fingerprint density at radius 3 is 1.94 bits per heavy atom. The van der Waals surface area contributed by atoms with Crippen LogP contribution in [0.3, 0.4) is 0 Å². The van der Waals surface area contributed by atoms with Crippen LogP contribution >= 0.6 is 0 Å². The third-order valence-electron chi connectivity index (χ3n) is 9.98. The summed E-state index contributed by atoms with van der Waals surface area (Å²) in [6.45, 7) is 3.46. The number of imidazole rings is 1. The number of nitrogens with zero attached hydrogens (tertiary/aromatic N) is 4. The number of hydrogen-bond donors (Lipinski definition) is 0. The van der Waals surface area contributed by atoms with Crippen molar-refractivity contribution in [2.45, 2.75) is 37.8 Å². The van der Waals surface area contributed by atoms with Gasteiger partial charge in [0, 0.05) is 12.7 Å². The summed E-state index contributed by atoms with van der Waals surface area (Å²) < 4.78 is 7.39. The molecule has 7 rings (SSSR count). The topological polar surface area (TPSA) is 84.7 Å². The van der Waals surface area contributed by atoms with E-state index >= 15 is 0 Å². The summed E-state index contributed by atoms with van der Waals surface area (Å²) in [5.74, 6) is -0.925. The highest BCUT2D eigenvalue weighted by Crippen LogP contribution is 2.42. The van der Waals surface area contributed by atoms with E-state index < -0.39 is 23.1 Å². The number of benzene rings is 5. The van der Waals surface area contributed by atoms with Gasteiger partial charge in [0.05, 0.1) is 18.6 Å². The van der Waals surface area contributed by atoms with Gasteiger partial charge < -0.3 is 9.30 Å². The number of carbonyl (C=O) groups is 3. The maximum Gasteiger partial charge on any atom is 0.328 e. The second-order valence-corrected chi connectivity index (χ2v) is 12.9. The molecule has 5 aromatic carbocycles. The molecule has 1 atom stereocenters. The Morgan fingerprint density at radius 2 is 1.33 bits per heavy atom. The fourth-order valence-corrected chi connectivity index (χ4v) is 7.55. The summed E-state index contributed by atoms with van der Waals surface area (Å²) in [5.41, 5.74) is 2.69. The Hall–Kier alpha value is -6.02. The average molecular weight is 677 g/mol. The first kappa shape index (κ1) is 33.5.